The van der Waals surface area contributed by atoms with Gasteiger partial charge in [0.25, 0.3) is 0 Å². The Balaban J connectivity index is 2.95. The number of anilines is 1. The molecule has 1 aromatic carbocycles. The molecule has 100 valence electrons. The SMILES string of the molecule is CCNC(C)(C)C(=O)Nc1c(Br)cc(C)cc1Br. The van der Waals surface area contributed by atoms with Crippen LogP contribution in [0.25, 0.3) is 0 Å². The van der Waals surface area contributed by atoms with E-state index < -0.39 is 5.54 Å². The molecular weight excluding hydrogens is 360 g/mol. The number of hydrogen-bond donors (Lipinski definition) is 2. The van der Waals surface area contributed by atoms with Crippen LogP contribution in [0.4, 0.5) is 5.69 Å². The fourth-order valence-electron chi connectivity index (χ4n) is 1.61. The molecule has 0 saturated carbocycles. The Labute approximate surface area is 125 Å². The van der Waals surface area contributed by atoms with Crippen molar-refractivity contribution in [1.29, 1.82) is 0 Å². The van der Waals surface area contributed by atoms with Crippen LogP contribution in [0.1, 0.15) is 26.3 Å². The number of carbonyl (C=O) groups excluding carboxylic acids is 1. The van der Waals surface area contributed by atoms with Crippen LogP contribution >= 0.6 is 31.9 Å². The standard InChI is InChI=1S/C13H18Br2N2O/c1-5-16-13(3,4)12(18)17-11-9(14)6-8(2)7-10(11)15/h6-7,16H,5H2,1-4H3,(H,17,18). The van der Waals surface area contributed by atoms with Crippen LogP contribution in [-0.2, 0) is 4.79 Å². The lowest BCUT2D eigenvalue weighted by Gasteiger charge is -2.25. The van der Waals surface area contributed by atoms with Gasteiger partial charge >= 0.3 is 0 Å². The van der Waals surface area contributed by atoms with Crippen molar-refractivity contribution in [2.45, 2.75) is 33.2 Å². The lowest BCUT2D eigenvalue weighted by Crippen LogP contribution is -2.49. The topological polar surface area (TPSA) is 41.1 Å². The molecule has 0 spiro atoms. The summed E-state index contributed by atoms with van der Waals surface area (Å²) >= 11 is 6.93. The summed E-state index contributed by atoms with van der Waals surface area (Å²) < 4.78 is 1.74. The van der Waals surface area contributed by atoms with Crippen molar-refractivity contribution in [2.24, 2.45) is 0 Å². The van der Waals surface area contributed by atoms with Gasteiger partial charge in [0.2, 0.25) is 5.91 Å². The molecule has 0 saturated heterocycles. The number of likely N-dealkylation sites (N-methyl/N-ethyl adjacent to an activating group) is 1. The smallest absolute Gasteiger partial charge is 0.244 e. The van der Waals surface area contributed by atoms with Gasteiger partial charge in [-0.3, -0.25) is 4.79 Å². The zero-order valence-electron chi connectivity index (χ0n) is 11.0. The van der Waals surface area contributed by atoms with Gasteiger partial charge < -0.3 is 10.6 Å². The van der Waals surface area contributed by atoms with Gasteiger partial charge in [-0.15, -0.1) is 0 Å². The van der Waals surface area contributed by atoms with E-state index in [2.05, 4.69) is 42.5 Å². The van der Waals surface area contributed by atoms with Gasteiger partial charge in [-0.25, -0.2) is 0 Å². The molecule has 2 N–H and O–H groups in total. The van der Waals surface area contributed by atoms with Gasteiger partial charge in [-0.2, -0.15) is 0 Å². The molecule has 3 nitrogen and oxygen atoms in total. The second-order valence-electron chi connectivity index (χ2n) is 4.71. The van der Waals surface area contributed by atoms with Crippen LogP contribution in [0.3, 0.4) is 0 Å². The van der Waals surface area contributed by atoms with E-state index in [0.29, 0.717) is 0 Å². The molecule has 0 unspecified atom stereocenters. The van der Waals surface area contributed by atoms with Gasteiger partial charge in [-0.05, 0) is 76.9 Å². The molecule has 0 fully saturated rings. The lowest BCUT2D eigenvalue weighted by molar-refractivity contribution is -0.121. The molecule has 0 heterocycles. The molecule has 1 rings (SSSR count). The number of aryl methyl sites for hydroxylation is 1. The first-order chi connectivity index (χ1) is 8.27. The minimum absolute atomic E-state index is 0.0606. The highest BCUT2D eigenvalue weighted by Gasteiger charge is 2.27. The van der Waals surface area contributed by atoms with E-state index in [-0.39, 0.29) is 5.91 Å². The number of nitrogens with one attached hydrogen (secondary N) is 2. The third kappa shape index (κ3) is 3.80. The Morgan fingerprint density at radius 3 is 2.22 bits per heavy atom. The molecule has 0 bridgehead atoms. The van der Waals surface area contributed by atoms with Gasteiger partial charge in [-0.1, -0.05) is 6.92 Å². The van der Waals surface area contributed by atoms with Crippen molar-refractivity contribution in [3.63, 3.8) is 0 Å². The van der Waals surface area contributed by atoms with Crippen LogP contribution in [0.5, 0.6) is 0 Å². The summed E-state index contributed by atoms with van der Waals surface area (Å²) in [5.41, 5.74) is 1.28. The van der Waals surface area contributed by atoms with Crippen LogP contribution in [-0.4, -0.2) is 18.0 Å². The van der Waals surface area contributed by atoms with Crippen LogP contribution in [0.15, 0.2) is 21.1 Å². The summed E-state index contributed by atoms with van der Waals surface area (Å²) in [6.07, 6.45) is 0. The van der Waals surface area contributed by atoms with Gasteiger partial charge in [0.1, 0.15) is 0 Å². The van der Waals surface area contributed by atoms with Crippen molar-refractivity contribution >= 4 is 43.5 Å². The maximum atomic E-state index is 12.2. The molecular formula is C13H18Br2N2O. The number of benzene rings is 1. The second-order valence-corrected chi connectivity index (χ2v) is 6.42. The van der Waals surface area contributed by atoms with Crippen LogP contribution in [0.2, 0.25) is 0 Å². The van der Waals surface area contributed by atoms with E-state index in [1.165, 1.54) is 0 Å². The molecule has 1 amide bonds. The molecule has 0 aliphatic heterocycles. The number of hydrogen-bond acceptors (Lipinski definition) is 2. The van der Waals surface area contributed by atoms with E-state index in [1.807, 2.05) is 39.8 Å². The maximum Gasteiger partial charge on any atom is 0.244 e. The number of halogens is 2. The highest BCUT2D eigenvalue weighted by molar-refractivity contribution is 9.11. The Bertz CT molecular complexity index is 435. The molecule has 0 aromatic heterocycles. The zero-order valence-corrected chi connectivity index (χ0v) is 14.2. The van der Waals surface area contributed by atoms with Crippen LogP contribution < -0.4 is 10.6 Å². The van der Waals surface area contributed by atoms with Crippen molar-refractivity contribution in [2.75, 3.05) is 11.9 Å². The number of amides is 1. The largest absolute Gasteiger partial charge is 0.323 e. The summed E-state index contributed by atoms with van der Waals surface area (Å²) in [6.45, 7) is 8.46. The average Bonchev–Trinajstić information content (AvgIpc) is 2.22. The summed E-state index contributed by atoms with van der Waals surface area (Å²) in [6, 6.07) is 3.95. The fraction of sp³-hybridized carbons (Fsp3) is 0.462. The minimum Gasteiger partial charge on any atom is -0.323 e. The molecule has 0 radical (unpaired) electrons. The monoisotopic (exact) mass is 376 g/mol. The predicted octanol–water partition coefficient (Wildman–Crippen LogP) is 3.85. The van der Waals surface area contributed by atoms with Crippen molar-refractivity contribution in [3.05, 3.63) is 26.6 Å². The Morgan fingerprint density at radius 1 is 1.28 bits per heavy atom. The molecule has 0 atom stereocenters. The minimum atomic E-state index is -0.599. The average molecular weight is 378 g/mol. The molecule has 0 aliphatic carbocycles. The van der Waals surface area contributed by atoms with Gasteiger partial charge in [0, 0.05) is 8.95 Å². The quantitative estimate of drug-likeness (QED) is 0.836. The fourth-order valence-corrected chi connectivity index (χ4v) is 3.22. The molecule has 1 aromatic rings. The zero-order chi connectivity index (χ0) is 13.9. The first-order valence-corrected chi connectivity index (χ1v) is 7.38. The van der Waals surface area contributed by atoms with Crippen molar-refractivity contribution in [1.82, 2.24) is 5.32 Å². The van der Waals surface area contributed by atoms with Crippen molar-refractivity contribution in [3.8, 4) is 0 Å². The first-order valence-electron chi connectivity index (χ1n) is 5.80. The molecule has 18 heavy (non-hydrogen) atoms. The highest BCUT2D eigenvalue weighted by Crippen LogP contribution is 2.32. The Morgan fingerprint density at radius 2 is 1.78 bits per heavy atom. The predicted molar refractivity (Wildman–Crippen MR) is 83.0 cm³/mol. The summed E-state index contributed by atoms with van der Waals surface area (Å²) in [5, 5.41) is 6.09. The summed E-state index contributed by atoms with van der Waals surface area (Å²) in [5.74, 6) is -0.0606. The van der Waals surface area contributed by atoms with E-state index in [0.717, 1.165) is 26.7 Å². The summed E-state index contributed by atoms with van der Waals surface area (Å²) in [4.78, 5) is 12.2. The molecule has 5 heteroatoms. The number of rotatable bonds is 4. The first kappa shape index (κ1) is 15.7. The van der Waals surface area contributed by atoms with Crippen molar-refractivity contribution < 1.29 is 4.79 Å². The van der Waals surface area contributed by atoms with E-state index in [1.54, 1.807) is 0 Å². The summed E-state index contributed by atoms with van der Waals surface area (Å²) in [7, 11) is 0. The third-order valence-electron chi connectivity index (χ3n) is 2.61. The van der Waals surface area contributed by atoms with Crippen LogP contribution in [0, 0.1) is 6.92 Å². The van der Waals surface area contributed by atoms with Gasteiger partial charge in [0.05, 0.1) is 11.2 Å². The normalized spacial score (nSPS) is 11.4. The third-order valence-corrected chi connectivity index (χ3v) is 3.86. The van der Waals surface area contributed by atoms with Gasteiger partial charge in [0.15, 0.2) is 0 Å². The lowest BCUT2D eigenvalue weighted by atomic mass is 10.0. The Hall–Kier alpha value is -0.390. The van der Waals surface area contributed by atoms with E-state index in [9.17, 15) is 4.79 Å². The highest BCUT2D eigenvalue weighted by atomic mass is 79.9. The second kappa shape index (κ2) is 6.17. The van der Waals surface area contributed by atoms with E-state index >= 15 is 0 Å². The number of carbonyl (C=O) groups is 1. The molecule has 0 aliphatic rings. The Kier molecular flexibility index (Phi) is 5.37. The van der Waals surface area contributed by atoms with E-state index in [4.69, 9.17) is 0 Å². The maximum absolute atomic E-state index is 12.2.